The van der Waals surface area contributed by atoms with Crippen molar-refractivity contribution >= 4 is 38.8 Å². The highest BCUT2D eigenvalue weighted by atomic mass is 32.1. The number of hydrogen-bond acceptors (Lipinski definition) is 6. The lowest BCUT2D eigenvalue weighted by Gasteiger charge is -2.03. The Morgan fingerprint density at radius 2 is 2.00 bits per heavy atom. The number of fused-ring (bicyclic) bond motifs is 1. The zero-order valence-electron chi connectivity index (χ0n) is 13.4. The fourth-order valence-corrected chi connectivity index (χ4v) is 2.92. The number of carbonyl (C=O) groups is 1. The first-order valence-corrected chi connectivity index (χ1v) is 8.38. The molecule has 0 fully saturated rings. The zero-order chi connectivity index (χ0) is 18.4. The molecule has 0 aliphatic rings. The number of nitrogens with one attached hydrogen (secondary N) is 2. The molecule has 0 radical (unpaired) electrons. The predicted octanol–water partition coefficient (Wildman–Crippen LogP) is 3.46. The number of para-hydroxylation sites is 1. The maximum Gasteiger partial charge on any atom is 0.387 e. The first-order chi connectivity index (χ1) is 12.6. The van der Waals surface area contributed by atoms with E-state index in [-0.39, 0.29) is 18.2 Å². The second-order valence-corrected chi connectivity index (χ2v) is 6.11. The molecule has 3 rings (SSSR count). The van der Waals surface area contributed by atoms with Crippen molar-refractivity contribution in [1.29, 1.82) is 0 Å². The van der Waals surface area contributed by atoms with Gasteiger partial charge in [-0.05, 0) is 42.0 Å². The SMILES string of the molecule is O=C(CNc1nc2ccccc2s1)N/N=C\c1ccc(OC(F)F)cc1. The van der Waals surface area contributed by atoms with Crippen LogP contribution >= 0.6 is 11.3 Å². The quantitative estimate of drug-likeness (QED) is 0.489. The lowest BCUT2D eigenvalue weighted by Crippen LogP contribution is -2.25. The highest BCUT2D eigenvalue weighted by Gasteiger charge is 2.05. The van der Waals surface area contributed by atoms with E-state index in [0.29, 0.717) is 10.7 Å². The van der Waals surface area contributed by atoms with Gasteiger partial charge in [-0.15, -0.1) is 0 Å². The van der Waals surface area contributed by atoms with Gasteiger partial charge in [0.2, 0.25) is 0 Å². The number of benzene rings is 2. The number of halogens is 2. The van der Waals surface area contributed by atoms with E-state index in [9.17, 15) is 13.6 Å². The van der Waals surface area contributed by atoms with E-state index in [2.05, 4.69) is 25.6 Å². The van der Waals surface area contributed by atoms with Crippen molar-refractivity contribution < 1.29 is 18.3 Å². The van der Waals surface area contributed by atoms with Crippen molar-refractivity contribution in [3.05, 3.63) is 54.1 Å². The minimum absolute atomic E-state index is 0.0261. The van der Waals surface area contributed by atoms with Gasteiger partial charge in [-0.1, -0.05) is 23.5 Å². The van der Waals surface area contributed by atoms with Gasteiger partial charge in [0, 0.05) is 0 Å². The normalized spacial score (nSPS) is 11.2. The molecule has 0 aliphatic carbocycles. The molecule has 0 spiro atoms. The average molecular weight is 376 g/mol. The molecule has 6 nitrogen and oxygen atoms in total. The molecular weight excluding hydrogens is 362 g/mol. The second kappa shape index (κ2) is 8.34. The van der Waals surface area contributed by atoms with E-state index in [4.69, 9.17) is 0 Å². The summed E-state index contributed by atoms with van der Waals surface area (Å²) in [4.78, 5) is 16.1. The number of anilines is 1. The molecule has 0 unspecified atom stereocenters. The van der Waals surface area contributed by atoms with E-state index < -0.39 is 6.61 Å². The Morgan fingerprint density at radius 1 is 1.23 bits per heavy atom. The van der Waals surface area contributed by atoms with Crippen LogP contribution in [0.5, 0.6) is 5.75 Å². The number of thiazole rings is 1. The Morgan fingerprint density at radius 3 is 2.73 bits per heavy atom. The number of hydrazone groups is 1. The molecule has 1 amide bonds. The van der Waals surface area contributed by atoms with Crippen molar-refractivity contribution in [3.8, 4) is 5.75 Å². The molecule has 1 heterocycles. The van der Waals surface area contributed by atoms with Crippen molar-refractivity contribution in [2.45, 2.75) is 6.61 Å². The number of rotatable bonds is 7. The van der Waals surface area contributed by atoms with Crippen LogP contribution in [0.4, 0.5) is 13.9 Å². The Hall–Kier alpha value is -3.07. The molecule has 0 saturated carbocycles. The molecule has 1 aromatic heterocycles. The van der Waals surface area contributed by atoms with E-state index in [1.165, 1.54) is 29.7 Å². The zero-order valence-corrected chi connectivity index (χ0v) is 14.2. The van der Waals surface area contributed by atoms with Gasteiger partial charge in [-0.2, -0.15) is 13.9 Å². The molecule has 0 aliphatic heterocycles. The minimum atomic E-state index is -2.86. The van der Waals surface area contributed by atoms with Gasteiger partial charge in [0.05, 0.1) is 23.0 Å². The number of ether oxygens (including phenoxy) is 1. The van der Waals surface area contributed by atoms with Crippen molar-refractivity contribution in [2.75, 3.05) is 11.9 Å². The molecule has 0 saturated heterocycles. The molecule has 0 atom stereocenters. The minimum Gasteiger partial charge on any atom is -0.435 e. The molecule has 0 bridgehead atoms. The summed E-state index contributed by atoms with van der Waals surface area (Å²) >= 11 is 1.46. The summed E-state index contributed by atoms with van der Waals surface area (Å²) in [7, 11) is 0. The van der Waals surface area contributed by atoms with E-state index >= 15 is 0 Å². The van der Waals surface area contributed by atoms with Crippen LogP contribution in [0.2, 0.25) is 0 Å². The van der Waals surface area contributed by atoms with Gasteiger partial charge >= 0.3 is 6.61 Å². The van der Waals surface area contributed by atoms with Gasteiger partial charge < -0.3 is 10.1 Å². The van der Waals surface area contributed by atoms with Crippen molar-refractivity contribution in [1.82, 2.24) is 10.4 Å². The Labute approximate surface area is 151 Å². The number of alkyl halides is 2. The maximum absolute atomic E-state index is 12.1. The lowest BCUT2D eigenvalue weighted by atomic mass is 10.2. The van der Waals surface area contributed by atoms with Gasteiger partial charge in [-0.3, -0.25) is 4.79 Å². The number of amides is 1. The van der Waals surface area contributed by atoms with E-state index in [0.717, 1.165) is 10.2 Å². The second-order valence-electron chi connectivity index (χ2n) is 5.08. The first kappa shape index (κ1) is 17.7. The van der Waals surface area contributed by atoms with Gasteiger partial charge in [0.1, 0.15) is 5.75 Å². The third kappa shape index (κ3) is 4.96. The van der Waals surface area contributed by atoms with Crippen molar-refractivity contribution in [3.63, 3.8) is 0 Å². The van der Waals surface area contributed by atoms with E-state index in [1.807, 2.05) is 24.3 Å². The molecule has 9 heteroatoms. The summed E-state index contributed by atoms with van der Waals surface area (Å²) in [6.07, 6.45) is 1.40. The molecule has 2 aromatic carbocycles. The van der Waals surface area contributed by atoms with E-state index in [1.54, 1.807) is 12.1 Å². The Bertz CT molecular complexity index is 880. The number of aromatic nitrogens is 1. The summed E-state index contributed by atoms with van der Waals surface area (Å²) in [6.45, 7) is -2.84. The summed E-state index contributed by atoms with van der Waals surface area (Å²) in [5, 5.41) is 7.41. The number of hydrogen-bond donors (Lipinski definition) is 2. The van der Waals surface area contributed by atoms with Crippen LogP contribution in [0.25, 0.3) is 10.2 Å². The maximum atomic E-state index is 12.1. The molecular formula is C17H14F2N4O2S. The predicted molar refractivity (Wildman–Crippen MR) is 96.9 cm³/mol. The molecule has 3 aromatic rings. The van der Waals surface area contributed by atoms with Gasteiger partial charge in [-0.25, -0.2) is 10.4 Å². The van der Waals surface area contributed by atoms with Crippen molar-refractivity contribution in [2.24, 2.45) is 5.10 Å². The Kier molecular flexibility index (Phi) is 5.69. The Balaban J connectivity index is 1.46. The largest absolute Gasteiger partial charge is 0.435 e. The average Bonchev–Trinajstić information content (AvgIpc) is 3.04. The monoisotopic (exact) mass is 376 g/mol. The van der Waals surface area contributed by atoms with Crippen LogP contribution in [0, 0.1) is 0 Å². The summed E-state index contributed by atoms with van der Waals surface area (Å²) < 4.78 is 29.4. The van der Waals surface area contributed by atoms with Crippen LogP contribution in [0.1, 0.15) is 5.56 Å². The summed E-state index contributed by atoms with van der Waals surface area (Å²) in [5.74, 6) is -0.278. The third-order valence-corrected chi connectivity index (χ3v) is 4.20. The standard InChI is InChI=1S/C17H14F2N4O2S/c18-16(19)25-12-7-5-11(6-8-12)9-21-23-15(24)10-20-17-22-13-3-1-2-4-14(13)26-17/h1-9,16H,10H2,(H,20,22)(H,23,24)/b21-9-. The van der Waals surface area contributed by atoms with Crippen LogP contribution in [0.15, 0.2) is 53.6 Å². The third-order valence-electron chi connectivity index (χ3n) is 3.20. The van der Waals surface area contributed by atoms with Gasteiger partial charge in [0.15, 0.2) is 5.13 Å². The smallest absolute Gasteiger partial charge is 0.387 e. The van der Waals surface area contributed by atoms with Crippen LogP contribution < -0.4 is 15.5 Å². The fraction of sp³-hybridized carbons (Fsp3) is 0.118. The first-order valence-electron chi connectivity index (χ1n) is 7.56. The van der Waals surface area contributed by atoms with Crippen LogP contribution in [-0.4, -0.2) is 30.3 Å². The van der Waals surface area contributed by atoms with Crippen LogP contribution in [0.3, 0.4) is 0 Å². The van der Waals surface area contributed by atoms with Gasteiger partial charge in [0.25, 0.3) is 5.91 Å². The summed E-state index contributed by atoms with van der Waals surface area (Å²) in [6, 6.07) is 13.6. The topological polar surface area (TPSA) is 75.6 Å². The van der Waals surface area contributed by atoms with Crippen LogP contribution in [-0.2, 0) is 4.79 Å². The fourth-order valence-electron chi connectivity index (χ4n) is 2.06. The highest BCUT2D eigenvalue weighted by molar-refractivity contribution is 7.22. The lowest BCUT2D eigenvalue weighted by molar-refractivity contribution is -0.119. The molecule has 134 valence electrons. The highest BCUT2D eigenvalue weighted by Crippen LogP contribution is 2.24. The summed E-state index contributed by atoms with van der Waals surface area (Å²) in [5.41, 5.74) is 3.88. The molecule has 2 N–H and O–H groups in total. The number of nitrogens with zero attached hydrogens (tertiary/aromatic N) is 2. The molecule has 26 heavy (non-hydrogen) atoms. The number of carbonyl (C=O) groups excluding carboxylic acids is 1.